The molecule has 0 bridgehead atoms. The van der Waals surface area contributed by atoms with E-state index < -0.39 is 0 Å². The fourth-order valence-corrected chi connectivity index (χ4v) is 2.72. The minimum absolute atomic E-state index is 0.0417. The molecule has 4 rings (SSSR count). The molecule has 106 valence electrons. The Hall–Kier alpha value is -2.47. The zero-order valence-corrected chi connectivity index (χ0v) is 11.7. The highest BCUT2D eigenvalue weighted by Crippen LogP contribution is 2.28. The van der Waals surface area contributed by atoms with Gasteiger partial charge in [0.05, 0.1) is 0 Å². The van der Waals surface area contributed by atoms with Gasteiger partial charge in [0.15, 0.2) is 0 Å². The van der Waals surface area contributed by atoms with Crippen molar-refractivity contribution in [1.29, 1.82) is 0 Å². The van der Waals surface area contributed by atoms with Crippen LogP contribution in [-0.2, 0) is 13.5 Å². The first-order valence-corrected chi connectivity index (χ1v) is 6.96. The molecule has 2 aromatic heterocycles. The van der Waals surface area contributed by atoms with Gasteiger partial charge in [-0.1, -0.05) is 29.4 Å². The van der Waals surface area contributed by atoms with E-state index in [4.69, 9.17) is 4.52 Å². The van der Waals surface area contributed by atoms with Crippen molar-refractivity contribution in [1.82, 2.24) is 25.2 Å². The molecule has 1 aliphatic heterocycles. The van der Waals surface area contributed by atoms with Crippen LogP contribution < -0.4 is 5.32 Å². The van der Waals surface area contributed by atoms with Gasteiger partial charge < -0.3 is 9.84 Å². The molecule has 1 aliphatic rings. The van der Waals surface area contributed by atoms with E-state index in [9.17, 15) is 0 Å². The summed E-state index contributed by atoms with van der Waals surface area (Å²) in [6.07, 6.45) is 2.88. The van der Waals surface area contributed by atoms with E-state index in [1.54, 1.807) is 4.68 Å². The predicted molar refractivity (Wildman–Crippen MR) is 76.5 cm³/mol. The lowest BCUT2D eigenvalue weighted by atomic mass is 9.94. The summed E-state index contributed by atoms with van der Waals surface area (Å²) >= 11 is 0. The summed E-state index contributed by atoms with van der Waals surface area (Å²) in [6.45, 7) is 0.906. The average Bonchev–Trinajstić information content (AvgIpc) is 3.15. The van der Waals surface area contributed by atoms with Gasteiger partial charge in [-0.25, -0.2) is 0 Å². The SMILES string of the molecule is Cn1ccc(-c2noc(C3NCCc4ccccc43)n2)n1. The lowest BCUT2D eigenvalue weighted by molar-refractivity contribution is 0.344. The third-order valence-corrected chi connectivity index (χ3v) is 3.74. The highest BCUT2D eigenvalue weighted by Gasteiger charge is 2.26. The molecule has 0 aliphatic carbocycles. The third kappa shape index (κ3) is 2.13. The molecule has 0 fully saturated rings. The van der Waals surface area contributed by atoms with Crippen molar-refractivity contribution in [3.63, 3.8) is 0 Å². The molecule has 0 saturated heterocycles. The first-order chi connectivity index (χ1) is 10.3. The molecule has 1 aromatic carbocycles. The van der Waals surface area contributed by atoms with Gasteiger partial charge in [0, 0.05) is 19.8 Å². The van der Waals surface area contributed by atoms with E-state index in [1.807, 2.05) is 25.4 Å². The molecule has 1 unspecified atom stereocenters. The molecule has 6 heteroatoms. The maximum Gasteiger partial charge on any atom is 0.248 e. The zero-order valence-electron chi connectivity index (χ0n) is 11.7. The number of hydrogen-bond donors (Lipinski definition) is 1. The van der Waals surface area contributed by atoms with Crippen molar-refractivity contribution in [2.24, 2.45) is 7.05 Å². The standard InChI is InChI=1S/C15H15N5O/c1-20-9-7-12(18-20)14-17-15(21-19-14)13-11-5-3-2-4-10(11)6-8-16-13/h2-5,7,9,13,16H,6,8H2,1H3. The number of benzene rings is 1. The predicted octanol–water partition coefficient (Wildman–Crippen LogP) is 1.71. The first kappa shape index (κ1) is 12.3. The Morgan fingerprint density at radius 3 is 3.05 bits per heavy atom. The summed E-state index contributed by atoms with van der Waals surface area (Å²) in [5.74, 6) is 1.11. The van der Waals surface area contributed by atoms with Gasteiger partial charge in [0.25, 0.3) is 0 Å². The molecule has 3 heterocycles. The topological polar surface area (TPSA) is 68.8 Å². The first-order valence-electron chi connectivity index (χ1n) is 6.96. The molecule has 0 saturated carbocycles. The summed E-state index contributed by atoms with van der Waals surface area (Å²) in [5, 5.41) is 11.8. The lowest BCUT2D eigenvalue weighted by Crippen LogP contribution is -2.30. The average molecular weight is 281 g/mol. The maximum atomic E-state index is 5.45. The van der Waals surface area contributed by atoms with Crippen LogP contribution in [-0.4, -0.2) is 26.5 Å². The largest absolute Gasteiger partial charge is 0.337 e. The van der Waals surface area contributed by atoms with Crippen molar-refractivity contribution in [2.75, 3.05) is 6.54 Å². The maximum absolute atomic E-state index is 5.45. The number of aryl methyl sites for hydroxylation is 1. The number of aromatic nitrogens is 4. The zero-order chi connectivity index (χ0) is 14.2. The molecule has 3 aromatic rings. The monoisotopic (exact) mass is 281 g/mol. The fourth-order valence-electron chi connectivity index (χ4n) is 2.72. The second-order valence-electron chi connectivity index (χ2n) is 5.17. The number of nitrogens with zero attached hydrogens (tertiary/aromatic N) is 4. The van der Waals surface area contributed by atoms with E-state index in [2.05, 4.69) is 38.8 Å². The van der Waals surface area contributed by atoms with Crippen molar-refractivity contribution in [2.45, 2.75) is 12.5 Å². The normalized spacial score (nSPS) is 17.7. The summed E-state index contributed by atoms with van der Waals surface area (Å²) in [6, 6.07) is 10.2. The third-order valence-electron chi connectivity index (χ3n) is 3.74. The smallest absolute Gasteiger partial charge is 0.248 e. The van der Waals surface area contributed by atoms with Crippen LogP contribution in [0.2, 0.25) is 0 Å². The van der Waals surface area contributed by atoms with Crippen LogP contribution in [0.15, 0.2) is 41.1 Å². The molecule has 1 atom stereocenters. The molecular weight excluding hydrogens is 266 g/mol. The van der Waals surface area contributed by atoms with Gasteiger partial charge in [0.1, 0.15) is 11.7 Å². The summed E-state index contributed by atoms with van der Waals surface area (Å²) in [5.41, 5.74) is 3.26. The lowest BCUT2D eigenvalue weighted by Gasteiger charge is -2.23. The van der Waals surface area contributed by atoms with Crippen LogP contribution in [0.5, 0.6) is 0 Å². The van der Waals surface area contributed by atoms with Crippen LogP contribution in [0.3, 0.4) is 0 Å². The van der Waals surface area contributed by atoms with E-state index >= 15 is 0 Å². The Bertz CT molecular complexity index is 776. The Morgan fingerprint density at radius 2 is 2.19 bits per heavy atom. The number of fused-ring (bicyclic) bond motifs is 1. The van der Waals surface area contributed by atoms with E-state index in [1.165, 1.54) is 11.1 Å². The van der Waals surface area contributed by atoms with Gasteiger partial charge in [-0.2, -0.15) is 10.1 Å². The quantitative estimate of drug-likeness (QED) is 0.774. The Kier molecular flexibility index (Phi) is 2.82. The van der Waals surface area contributed by atoms with Crippen molar-refractivity contribution >= 4 is 0 Å². The molecule has 21 heavy (non-hydrogen) atoms. The Labute approximate surface area is 121 Å². The van der Waals surface area contributed by atoms with Crippen LogP contribution >= 0.6 is 0 Å². The van der Waals surface area contributed by atoms with Crippen molar-refractivity contribution in [3.05, 3.63) is 53.5 Å². The Morgan fingerprint density at radius 1 is 1.29 bits per heavy atom. The fraction of sp³-hybridized carbons (Fsp3) is 0.267. The highest BCUT2D eigenvalue weighted by molar-refractivity contribution is 5.47. The van der Waals surface area contributed by atoms with Crippen LogP contribution in [0.4, 0.5) is 0 Å². The van der Waals surface area contributed by atoms with E-state index in [-0.39, 0.29) is 6.04 Å². The van der Waals surface area contributed by atoms with Crippen molar-refractivity contribution < 1.29 is 4.52 Å². The Balaban J connectivity index is 1.71. The van der Waals surface area contributed by atoms with Crippen molar-refractivity contribution in [3.8, 4) is 11.5 Å². The van der Waals surface area contributed by atoms with E-state index in [0.29, 0.717) is 11.7 Å². The molecule has 0 amide bonds. The molecule has 1 N–H and O–H groups in total. The second kappa shape index (κ2) is 4.82. The number of hydrogen-bond acceptors (Lipinski definition) is 5. The van der Waals surface area contributed by atoms with E-state index in [0.717, 1.165) is 18.7 Å². The van der Waals surface area contributed by atoms with Gasteiger partial charge in [0.2, 0.25) is 11.7 Å². The molecular formula is C15H15N5O. The van der Waals surface area contributed by atoms with Crippen LogP contribution in [0.1, 0.15) is 23.1 Å². The van der Waals surface area contributed by atoms with Gasteiger partial charge in [-0.15, -0.1) is 0 Å². The van der Waals surface area contributed by atoms with Gasteiger partial charge in [-0.3, -0.25) is 4.68 Å². The van der Waals surface area contributed by atoms with Gasteiger partial charge in [-0.05, 0) is 23.6 Å². The molecule has 0 radical (unpaired) electrons. The van der Waals surface area contributed by atoms with Crippen LogP contribution in [0, 0.1) is 0 Å². The van der Waals surface area contributed by atoms with Gasteiger partial charge >= 0.3 is 0 Å². The number of rotatable bonds is 2. The minimum Gasteiger partial charge on any atom is -0.337 e. The second-order valence-corrected chi connectivity index (χ2v) is 5.17. The summed E-state index contributed by atoms with van der Waals surface area (Å²) in [4.78, 5) is 4.50. The summed E-state index contributed by atoms with van der Waals surface area (Å²) < 4.78 is 7.17. The highest BCUT2D eigenvalue weighted by atomic mass is 16.5. The van der Waals surface area contributed by atoms with Crippen LogP contribution in [0.25, 0.3) is 11.5 Å². The minimum atomic E-state index is -0.0417. The molecule has 0 spiro atoms. The summed E-state index contributed by atoms with van der Waals surface area (Å²) in [7, 11) is 1.86. The number of nitrogens with one attached hydrogen (secondary N) is 1. The molecule has 6 nitrogen and oxygen atoms in total.